The molecule has 2 rings (SSSR count). The molecular formula is C25H31NO3. The van der Waals surface area contributed by atoms with Gasteiger partial charge in [-0.25, -0.2) is 0 Å². The van der Waals surface area contributed by atoms with Crippen LogP contribution in [0.1, 0.15) is 32.3 Å². The number of nitrogens with zero attached hydrogens (tertiary/aromatic N) is 1. The molecule has 0 aliphatic carbocycles. The van der Waals surface area contributed by atoms with E-state index in [0.29, 0.717) is 0 Å². The predicted molar refractivity (Wildman–Crippen MR) is 121 cm³/mol. The molecule has 0 amide bonds. The fourth-order valence-electron chi connectivity index (χ4n) is 2.96. The topological polar surface area (TPSA) is 40.6 Å². The van der Waals surface area contributed by atoms with Crippen molar-refractivity contribution in [3.8, 4) is 11.5 Å². The average Bonchev–Trinajstić information content (AvgIpc) is 2.73. The van der Waals surface area contributed by atoms with Gasteiger partial charge in [-0.1, -0.05) is 24.8 Å². The fraction of sp³-hybridized carbons (Fsp3) is 0.320. The molecular weight excluding hydrogens is 362 g/mol. The molecule has 0 N–H and O–H groups in total. The number of pyridine rings is 1. The van der Waals surface area contributed by atoms with Gasteiger partial charge in [0, 0.05) is 24.8 Å². The number of aryl methyl sites for hydroxylation is 1. The van der Waals surface area contributed by atoms with Gasteiger partial charge in [0.2, 0.25) is 0 Å². The second kappa shape index (κ2) is 11.9. The van der Waals surface area contributed by atoms with Crippen LogP contribution in [0.5, 0.6) is 11.5 Å². The molecule has 0 radical (unpaired) electrons. The third-order valence-corrected chi connectivity index (χ3v) is 4.46. The Hall–Kier alpha value is -2.85. The number of methoxy groups -OCH3 is 1. The minimum Gasteiger partial charge on any atom is -0.496 e. The lowest BCUT2D eigenvalue weighted by Gasteiger charge is -2.13. The maximum Gasteiger partial charge on any atom is 0.138 e. The summed E-state index contributed by atoms with van der Waals surface area (Å²) in [5, 5.41) is 0.919. The van der Waals surface area contributed by atoms with Crippen molar-refractivity contribution >= 4 is 10.9 Å². The number of aromatic nitrogens is 1. The van der Waals surface area contributed by atoms with E-state index in [9.17, 15) is 0 Å². The van der Waals surface area contributed by atoms with Gasteiger partial charge in [-0.15, -0.1) is 0 Å². The lowest BCUT2D eigenvalue weighted by molar-refractivity contribution is 0.145. The predicted octanol–water partition coefficient (Wildman–Crippen LogP) is 6.32. The van der Waals surface area contributed by atoms with Crippen molar-refractivity contribution in [2.24, 2.45) is 0 Å². The summed E-state index contributed by atoms with van der Waals surface area (Å²) in [5.41, 5.74) is 3.08. The Morgan fingerprint density at radius 2 is 2.07 bits per heavy atom. The molecule has 0 aliphatic rings. The maximum absolute atomic E-state index is 6.25. The Kier molecular flexibility index (Phi) is 9.19. The minimum atomic E-state index is 0.739. The molecule has 1 aromatic carbocycles. The second-order valence-corrected chi connectivity index (χ2v) is 6.56. The van der Waals surface area contributed by atoms with Gasteiger partial charge in [0.25, 0.3) is 0 Å². The maximum atomic E-state index is 6.25. The zero-order valence-corrected chi connectivity index (χ0v) is 17.9. The van der Waals surface area contributed by atoms with Crippen LogP contribution in [0.4, 0.5) is 0 Å². The molecule has 0 unspecified atom stereocenters. The summed E-state index contributed by atoms with van der Waals surface area (Å²) in [7, 11) is 1.67. The normalized spacial score (nSPS) is 12.6. The number of ether oxygens (including phenoxy) is 3. The summed E-state index contributed by atoms with van der Waals surface area (Å²) in [6, 6.07) is 5.87. The Morgan fingerprint density at radius 3 is 2.76 bits per heavy atom. The summed E-state index contributed by atoms with van der Waals surface area (Å²) >= 11 is 0. The van der Waals surface area contributed by atoms with E-state index in [4.69, 9.17) is 14.2 Å². The number of fused-ring (bicyclic) bond motifs is 1. The molecule has 0 fully saturated rings. The van der Waals surface area contributed by atoms with E-state index in [1.54, 1.807) is 19.4 Å². The van der Waals surface area contributed by atoms with Gasteiger partial charge in [-0.2, -0.15) is 0 Å². The zero-order chi connectivity index (χ0) is 21.1. The molecule has 1 aromatic heterocycles. The van der Waals surface area contributed by atoms with E-state index in [2.05, 4.69) is 23.7 Å². The Morgan fingerprint density at radius 1 is 1.24 bits per heavy atom. The Balaban J connectivity index is 2.30. The van der Waals surface area contributed by atoms with Gasteiger partial charge in [0.05, 0.1) is 12.6 Å². The molecule has 4 nitrogen and oxygen atoms in total. The largest absolute Gasteiger partial charge is 0.496 e. The van der Waals surface area contributed by atoms with E-state index in [1.165, 1.54) is 0 Å². The number of hydrogen-bond acceptors (Lipinski definition) is 4. The van der Waals surface area contributed by atoms with Gasteiger partial charge in [-0.3, -0.25) is 4.98 Å². The molecule has 4 heteroatoms. The van der Waals surface area contributed by atoms with Gasteiger partial charge in [-0.05, 0) is 75.1 Å². The molecule has 0 spiro atoms. The number of allylic oxidation sites excluding steroid dienone is 6. The minimum absolute atomic E-state index is 0.739. The van der Waals surface area contributed by atoms with E-state index < -0.39 is 0 Å². The smallest absolute Gasteiger partial charge is 0.138 e. The first-order valence-corrected chi connectivity index (χ1v) is 9.97. The van der Waals surface area contributed by atoms with Crippen LogP contribution in [-0.2, 0) is 4.74 Å². The monoisotopic (exact) mass is 393 g/mol. The summed E-state index contributed by atoms with van der Waals surface area (Å²) in [6.45, 7) is 11.2. The standard InChI is InChI=1S/C25H31NO3/c1-6-9-11-20(12-10-15-28-8-3)17-21(7-2)29-24-13-14-26-23-16-19(4)25(27-5)18-22(23)24/h6-7,9,11,13-14,16-18H,1,8,10,12,15H2,2-5H3/b11-9-,20-17-,21-7+. The molecule has 0 saturated carbocycles. The van der Waals surface area contributed by atoms with Crippen molar-refractivity contribution in [1.82, 2.24) is 4.98 Å². The van der Waals surface area contributed by atoms with Crippen molar-refractivity contribution in [3.05, 3.63) is 78.3 Å². The summed E-state index contributed by atoms with van der Waals surface area (Å²) in [4.78, 5) is 4.46. The molecule has 1 heterocycles. The van der Waals surface area contributed by atoms with Crippen molar-refractivity contribution in [2.75, 3.05) is 20.3 Å². The van der Waals surface area contributed by atoms with Crippen LogP contribution in [-0.4, -0.2) is 25.3 Å². The number of rotatable bonds is 11. The summed E-state index contributed by atoms with van der Waals surface area (Å²) in [6.07, 6.45) is 13.4. The lowest BCUT2D eigenvalue weighted by Crippen LogP contribution is -1.98. The third kappa shape index (κ3) is 6.61. The number of hydrogen-bond donors (Lipinski definition) is 0. The van der Waals surface area contributed by atoms with E-state index in [0.717, 1.165) is 65.4 Å². The molecule has 29 heavy (non-hydrogen) atoms. The molecule has 0 saturated heterocycles. The van der Waals surface area contributed by atoms with Crippen LogP contribution in [0.3, 0.4) is 0 Å². The first-order chi connectivity index (χ1) is 14.1. The average molecular weight is 394 g/mol. The zero-order valence-electron chi connectivity index (χ0n) is 17.9. The van der Waals surface area contributed by atoms with E-state index >= 15 is 0 Å². The number of benzene rings is 1. The van der Waals surface area contributed by atoms with Crippen LogP contribution in [0.25, 0.3) is 10.9 Å². The van der Waals surface area contributed by atoms with Crippen molar-refractivity contribution in [2.45, 2.75) is 33.6 Å². The highest BCUT2D eigenvalue weighted by molar-refractivity contribution is 5.87. The molecule has 0 atom stereocenters. The highest BCUT2D eigenvalue weighted by atomic mass is 16.5. The summed E-state index contributed by atoms with van der Waals surface area (Å²) < 4.78 is 17.2. The first-order valence-electron chi connectivity index (χ1n) is 9.97. The van der Waals surface area contributed by atoms with Crippen LogP contribution < -0.4 is 9.47 Å². The highest BCUT2D eigenvalue weighted by Gasteiger charge is 2.09. The fourth-order valence-corrected chi connectivity index (χ4v) is 2.96. The van der Waals surface area contributed by atoms with Gasteiger partial charge in [0.1, 0.15) is 17.3 Å². The quantitative estimate of drug-likeness (QED) is 0.254. The van der Waals surface area contributed by atoms with Crippen molar-refractivity contribution in [1.29, 1.82) is 0 Å². The lowest BCUT2D eigenvalue weighted by atomic mass is 10.1. The van der Waals surface area contributed by atoms with Crippen LogP contribution in [0.15, 0.2) is 72.7 Å². The molecule has 154 valence electrons. The van der Waals surface area contributed by atoms with Crippen LogP contribution >= 0.6 is 0 Å². The highest BCUT2D eigenvalue weighted by Crippen LogP contribution is 2.31. The molecule has 0 aliphatic heterocycles. The molecule has 2 aromatic rings. The van der Waals surface area contributed by atoms with E-state index in [1.807, 2.05) is 51.1 Å². The van der Waals surface area contributed by atoms with Crippen LogP contribution in [0.2, 0.25) is 0 Å². The Labute approximate surface area is 174 Å². The molecule has 0 bridgehead atoms. The third-order valence-electron chi connectivity index (χ3n) is 4.46. The SMILES string of the molecule is C=C\C=C/C(=C/C(=C\C)Oc1ccnc2cc(C)c(OC)cc12)CCCOCC. The Bertz CT molecular complexity index is 910. The van der Waals surface area contributed by atoms with Gasteiger partial charge >= 0.3 is 0 Å². The van der Waals surface area contributed by atoms with Crippen LogP contribution in [0, 0.1) is 6.92 Å². The first kappa shape index (κ1) is 22.4. The van der Waals surface area contributed by atoms with Gasteiger partial charge < -0.3 is 14.2 Å². The van der Waals surface area contributed by atoms with Gasteiger partial charge in [0.15, 0.2) is 0 Å². The van der Waals surface area contributed by atoms with E-state index in [-0.39, 0.29) is 0 Å². The van der Waals surface area contributed by atoms with Crippen molar-refractivity contribution < 1.29 is 14.2 Å². The second-order valence-electron chi connectivity index (χ2n) is 6.56. The summed E-state index contributed by atoms with van der Waals surface area (Å²) in [5.74, 6) is 2.34. The van der Waals surface area contributed by atoms with Crippen molar-refractivity contribution in [3.63, 3.8) is 0 Å².